The van der Waals surface area contributed by atoms with Gasteiger partial charge in [-0.15, -0.1) is 0 Å². The molecule has 0 spiro atoms. The number of allylic oxidation sites excluding steroid dienone is 3. The largest absolute Gasteiger partial charge is 0.364 e. The fraction of sp³-hybridized carbons (Fsp3) is 0.533. The van der Waals surface area contributed by atoms with E-state index < -0.39 is 6.03 Å². The van der Waals surface area contributed by atoms with Crippen molar-refractivity contribution in [1.29, 1.82) is 0 Å². The molecule has 0 fully saturated rings. The maximum absolute atomic E-state index is 10.9. The minimum atomic E-state index is -0.516. The van der Waals surface area contributed by atoms with Crippen LogP contribution in [0.3, 0.4) is 0 Å². The number of nitrogens with zero attached hydrogens (tertiary/aromatic N) is 4. The Hall–Kier alpha value is -2.35. The van der Waals surface area contributed by atoms with Gasteiger partial charge in [0.2, 0.25) is 0 Å². The van der Waals surface area contributed by atoms with Gasteiger partial charge < -0.3 is 25.6 Å². The van der Waals surface area contributed by atoms with E-state index in [0.29, 0.717) is 19.8 Å². The summed E-state index contributed by atoms with van der Waals surface area (Å²) >= 11 is 0. The molecule has 1 aliphatic carbocycles. The second-order valence-electron chi connectivity index (χ2n) is 5.57. The highest BCUT2D eigenvalue weighted by atomic mass is 16.5. The molecule has 0 saturated carbocycles. The van der Waals surface area contributed by atoms with Crippen molar-refractivity contribution < 1.29 is 9.53 Å². The highest BCUT2D eigenvalue weighted by molar-refractivity contribution is 6.16. The van der Waals surface area contributed by atoms with Crippen LogP contribution in [0.5, 0.6) is 0 Å². The van der Waals surface area contributed by atoms with Crippen LogP contribution in [0, 0.1) is 0 Å². The van der Waals surface area contributed by atoms with E-state index in [9.17, 15) is 4.79 Å². The number of hydrogen-bond acceptors (Lipinski definition) is 6. The lowest BCUT2D eigenvalue weighted by Gasteiger charge is -2.48. The molecule has 2 aliphatic heterocycles. The first-order chi connectivity index (χ1) is 11.2. The van der Waals surface area contributed by atoms with Crippen LogP contribution < -0.4 is 11.1 Å². The summed E-state index contributed by atoms with van der Waals surface area (Å²) in [5.41, 5.74) is 7.49. The molecule has 0 aromatic heterocycles. The Labute approximate surface area is 135 Å². The summed E-state index contributed by atoms with van der Waals surface area (Å²) in [6, 6.07) is -0.516. The van der Waals surface area contributed by atoms with E-state index in [2.05, 4.69) is 37.3 Å². The minimum absolute atomic E-state index is 0.112. The van der Waals surface area contributed by atoms with Crippen molar-refractivity contribution >= 4 is 18.5 Å². The monoisotopic (exact) mass is 318 g/mol. The smallest absolute Gasteiger partial charge is 0.312 e. The molecule has 3 rings (SSSR count). The third-order valence-electron chi connectivity index (χ3n) is 4.15. The minimum Gasteiger partial charge on any atom is -0.364 e. The number of amides is 2. The van der Waals surface area contributed by atoms with Gasteiger partial charge in [0, 0.05) is 38.3 Å². The number of urea groups is 1. The molecule has 2 atom stereocenters. The SMILES string of the molecule is COCN1C2=C(C=CCC2)N(CCNC(N)=O)C2N=CC=NC21. The molecule has 2 heterocycles. The van der Waals surface area contributed by atoms with Gasteiger partial charge in [0.15, 0.2) is 12.3 Å². The third-order valence-corrected chi connectivity index (χ3v) is 4.15. The van der Waals surface area contributed by atoms with Gasteiger partial charge in [-0.2, -0.15) is 0 Å². The molecule has 0 aromatic rings. The number of nitrogens with one attached hydrogen (secondary N) is 1. The van der Waals surface area contributed by atoms with Crippen LogP contribution in [-0.2, 0) is 4.74 Å². The summed E-state index contributed by atoms with van der Waals surface area (Å²) in [6.07, 6.45) is 9.43. The molecular weight excluding hydrogens is 296 g/mol. The standard InChI is InChI=1S/C15H22N6O2/c1-23-10-21-12-5-3-2-4-11(12)20(9-8-19-15(16)22)13-14(21)18-7-6-17-13/h2,4,6-7,13-14H,3,5,8-10H2,1H3,(H3,16,19,22). The highest BCUT2D eigenvalue weighted by Gasteiger charge is 2.40. The van der Waals surface area contributed by atoms with Gasteiger partial charge in [0.25, 0.3) is 0 Å². The number of ether oxygens (including phenoxy) is 1. The van der Waals surface area contributed by atoms with Crippen molar-refractivity contribution in [3.63, 3.8) is 0 Å². The number of carbonyl (C=O) groups is 1. The fourth-order valence-electron chi connectivity index (χ4n) is 3.23. The van der Waals surface area contributed by atoms with E-state index >= 15 is 0 Å². The van der Waals surface area contributed by atoms with Crippen molar-refractivity contribution in [3.05, 3.63) is 23.5 Å². The second-order valence-corrected chi connectivity index (χ2v) is 5.57. The quantitative estimate of drug-likeness (QED) is 0.759. The van der Waals surface area contributed by atoms with Gasteiger partial charge in [-0.3, -0.25) is 9.98 Å². The number of hydrogen-bond donors (Lipinski definition) is 2. The number of rotatable bonds is 5. The third kappa shape index (κ3) is 3.07. The van der Waals surface area contributed by atoms with Crippen LogP contribution in [0.25, 0.3) is 0 Å². The zero-order valence-corrected chi connectivity index (χ0v) is 13.2. The predicted octanol–water partition coefficient (Wildman–Crippen LogP) is 0.245. The number of nitrogens with two attached hydrogens (primary N) is 1. The maximum Gasteiger partial charge on any atom is 0.312 e. The zero-order valence-electron chi connectivity index (χ0n) is 13.2. The molecule has 8 heteroatoms. The van der Waals surface area contributed by atoms with Crippen LogP contribution in [0.15, 0.2) is 33.5 Å². The molecule has 8 nitrogen and oxygen atoms in total. The molecule has 3 N–H and O–H groups in total. The number of carbonyl (C=O) groups excluding carboxylic acids is 1. The topological polar surface area (TPSA) is 95.6 Å². The first-order valence-electron chi connectivity index (χ1n) is 7.72. The van der Waals surface area contributed by atoms with Crippen molar-refractivity contribution in [2.45, 2.75) is 25.2 Å². The Bertz CT molecular complexity index is 583. The summed E-state index contributed by atoms with van der Waals surface area (Å²) < 4.78 is 5.38. The molecule has 0 aromatic carbocycles. The molecule has 2 unspecified atom stereocenters. The lowest BCUT2D eigenvalue weighted by atomic mass is 10.0. The Morgan fingerprint density at radius 2 is 2.13 bits per heavy atom. The van der Waals surface area contributed by atoms with Gasteiger partial charge in [-0.05, 0) is 18.9 Å². The zero-order chi connectivity index (χ0) is 16.2. The number of aliphatic imine (C=N–C) groups is 2. The summed E-state index contributed by atoms with van der Waals surface area (Å²) in [5.74, 6) is 0. The lowest BCUT2D eigenvalue weighted by Crippen LogP contribution is -2.57. The fourth-order valence-corrected chi connectivity index (χ4v) is 3.23. The van der Waals surface area contributed by atoms with Crippen molar-refractivity contribution in [2.24, 2.45) is 15.7 Å². The molecule has 0 bridgehead atoms. The van der Waals surface area contributed by atoms with E-state index in [0.717, 1.165) is 18.5 Å². The molecule has 23 heavy (non-hydrogen) atoms. The normalized spacial score (nSPS) is 25.4. The molecule has 0 saturated heterocycles. The van der Waals surface area contributed by atoms with Crippen LogP contribution in [-0.4, -0.2) is 67.5 Å². The first kappa shape index (κ1) is 15.5. The second kappa shape index (κ2) is 6.82. The van der Waals surface area contributed by atoms with Crippen molar-refractivity contribution in [3.8, 4) is 0 Å². The van der Waals surface area contributed by atoms with Gasteiger partial charge in [0.1, 0.15) is 6.73 Å². The molecule has 3 aliphatic rings. The lowest BCUT2D eigenvalue weighted by molar-refractivity contribution is 0.0104. The molecule has 0 radical (unpaired) electrons. The van der Waals surface area contributed by atoms with E-state index in [1.165, 1.54) is 5.70 Å². The Kier molecular flexibility index (Phi) is 4.61. The van der Waals surface area contributed by atoms with E-state index in [1.807, 2.05) is 0 Å². The number of fused-ring (bicyclic) bond motifs is 1. The van der Waals surface area contributed by atoms with Crippen LogP contribution in [0.2, 0.25) is 0 Å². The van der Waals surface area contributed by atoms with E-state index in [1.54, 1.807) is 19.5 Å². The average Bonchev–Trinajstić information content (AvgIpc) is 2.57. The average molecular weight is 318 g/mol. The number of primary amides is 1. The summed E-state index contributed by atoms with van der Waals surface area (Å²) in [5, 5.41) is 2.64. The Morgan fingerprint density at radius 1 is 1.39 bits per heavy atom. The van der Waals surface area contributed by atoms with Gasteiger partial charge >= 0.3 is 6.03 Å². The van der Waals surface area contributed by atoms with Gasteiger partial charge in [0.05, 0.1) is 5.70 Å². The molecular formula is C15H22N6O2. The van der Waals surface area contributed by atoms with Crippen LogP contribution in [0.4, 0.5) is 4.79 Å². The molecule has 124 valence electrons. The van der Waals surface area contributed by atoms with E-state index in [4.69, 9.17) is 10.5 Å². The summed E-state index contributed by atoms with van der Waals surface area (Å²) in [7, 11) is 1.69. The van der Waals surface area contributed by atoms with Crippen LogP contribution in [0.1, 0.15) is 12.8 Å². The molecule has 2 amide bonds. The van der Waals surface area contributed by atoms with E-state index in [-0.39, 0.29) is 12.3 Å². The Morgan fingerprint density at radius 3 is 2.83 bits per heavy atom. The van der Waals surface area contributed by atoms with Gasteiger partial charge in [-0.25, -0.2) is 4.79 Å². The first-order valence-corrected chi connectivity index (χ1v) is 7.72. The summed E-state index contributed by atoms with van der Waals surface area (Å²) in [4.78, 5) is 24.5. The van der Waals surface area contributed by atoms with Gasteiger partial charge in [-0.1, -0.05) is 6.08 Å². The van der Waals surface area contributed by atoms with Crippen molar-refractivity contribution in [2.75, 3.05) is 26.9 Å². The van der Waals surface area contributed by atoms with Crippen molar-refractivity contribution in [1.82, 2.24) is 15.1 Å². The van der Waals surface area contributed by atoms with Crippen LogP contribution >= 0.6 is 0 Å². The predicted molar refractivity (Wildman–Crippen MR) is 88.0 cm³/mol. The maximum atomic E-state index is 10.9. The highest BCUT2D eigenvalue weighted by Crippen LogP contribution is 2.36. The Balaban J connectivity index is 1.91. The summed E-state index contributed by atoms with van der Waals surface area (Å²) in [6.45, 7) is 1.57. The number of methoxy groups -OCH3 is 1.